The number of carbonyl (C=O) groups excluding carboxylic acids is 1. The highest BCUT2D eigenvalue weighted by Crippen LogP contribution is 2.21. The van der Waals surface area contributed by atoms with Gasteiger partial charge in [-0.25, -0.2) is 9.86 Å². The van der Waals surface area contributed by atoms with E-state index in [2.05, 4.69) is 0 Å². The number of hydrogen-bond donors (Lipinski definition) is 0. The lowest BCUT2D eigenvalue weighted by Gasteiger charge is -2.23. The molecule has 0 atom stereocenters. The molecular weight excluding hydrogens is 236 g/mol. The molecule has 0 aliphatic rings. The van der Waals surface area contributed by atoms with Crippen LogP contribution in [0.2, 0.25) is 0 Å². The van der Waals surface area contributed by atoms with Gasteiger partial charge in [-0.05, 0) is 32.9 Å². The molecule has 0 radical (unpaired) electrons. The Hall–Kier alpha value is -2.11. The maximum absolute atomic E-state index is 11.7. The summed E-state index contributed by atoms with van der Waals surface area (Å²) < 4.78 is 0. The quantitative estimate of drug-likeness (QED) is 0.610. The van der Waals surface area contributed by atoms with Crippen molar-refractivity contribution in [2.75, 3.05) is 12.1 Å². The van der Waals surface area contributed by atoms with Crippen LogP contribution < -0.4 is 5.06 Å². The first-order chi connectivity index (χ1) is 8.21. The van der Waals surface area contributed by atoms with Crippen LogP contribution in [0.15, 0.2) is 24.3 Å². The summed E-state index contributed by atoms with van der Waals surface area (Å²) >= 11 is 0. The van der Waals surface area contributed by atoms with Crippen molar-refractivity contribution in [3.05, 3.63) is 34.4 Å². The van der Waals surface area contributed by atoms with Gasteiger partial charge in [-0.1, -0.05) is 0 Å². The lowest BCUT2D eigenvalue weighted by molar-refractivity contribution is -0.384. The second-order valence-electron chi connectivity index (χ2n) is 4.90. The van der Waals surface area contributed by atoms with E-state index in [1.165, 1.54) is 29.3 Å². The van der Waals surface area contributed by atoms with Crippen LogP contribution in [0, 0.1) is 15.5 Å². The zero-order valence-corrected chi connectivity index (χ0v) is 10.8. The smallest absolute Gasteiger partial charge is 0.337 e. The predicted octanol–water partition coefficient (Wildman–Crippen LogP) is 2.54. The van der Waals surface area contributed by atoms with Gasteiger partial charge in [0.15, 0.2) is 0 Å². The highest BCUT2D eigenvalue weighted by atomic mass is 16.7. The zero-order valence-electron chi connectivity index (χ0n) is 10.8. The molecule has 6 nitrogen and oxygen atoms in total. The summed E-state index contributed by atoms with van der Waals surface area (Å²) in [5.41, 5.74) is -0.0396. The van der Waals surface area contributed by atoms with Crippen LogP contribution in [-0.4, -0.2) is 17.9 Å². The van der Waals surface area contributed by atoms with E-state index < -0.39 is 10.3 Å². The van der Waals surface area contributed by atoms with E-state index in [9.17, 15) is 14.9 Å². The Bertz CT molecular complexity index is 448. The Morgan fingerprint density at radius 3 is 2.17 bits per heavy atom. The lowest BCUT2D eigenvalue weighted by atomic mass is 9.98. The third kappa shape index (κ3) is 3.44. The second-order valence-corrected chi connectivity index (χ2v) is 4.90. The van der Waals surface area contributed by atoms with Gasteiger partial charge >= 0.3 is 5.97 Å². The van der Waals surface area contributed by atoms with Crippen LogP contribution in [0.25, 0.3) is 0 Å². The molecule has 6 heteroatoms. The van der Waals surface area contributed by atoms with Crippen molar-refractivity contribution in [1.82, 2.24) is 0 Å². The van der Waals surface area contributed by atoms with Crippen molar-refractivity contribution in [3.63, 3.8) is 0 Å². The number of anilines is 1. The molecule has 0 spiro atoms. The number of nitro groups is 1. The van der Waals surface area contributed by atoms with Crippen molar-refractivity contribution >= 4 is 17.3 Å². The van der Waals surface area contributed by atoms with Gasteiger partial charge in [-0.15, -0.1) is 0 Å². The highest BCUT2D eigenvalue weighted by molar-refractivity contribution is 5.76. The number of nitro benzene ring substituents is 1. The first kappa shape index (κ1) is 14.0. The van der Waals surface area contributed by atoms with Gasteiger partial charge in [0.05, 0.1) is 16.0 Å². The van der Waals surface area contributed by atoms with Crippen molar-refractivity contribution in [2.24, 2.45) is 5.41 Å². The van der Waals surface area contributed by atoms with Crippen LogP contribution >= 0.6 is 0 Å². The fraction of sp³-hybridized carbons (Fsp3) is 0.417. The standard InChI is InChI=1S/C12H16N2O4/c1-12(2,3)11(15)18-13(4)9-5-7-10(8-6-9)14(16)17/h5-8H,1-4H3. The van der Waals surface area contributed by atoms with Gasteiger partial charge < -0.3 is 4.84 Å². The predicted molar refractivity (Wildman–Crippen MR) is 67.0 cm³/mol. The number of hydrogen-bond acceptors (Lipinski definition) is 5. The molecule has 0 amide bonds. The van der Waals surface area contributed by atoms with Crippen molar-refractivity contribution in [1.29, 1.82) is 0 Å². The SMILES string of the molecule is CN(OC(=O)C(C)(C)C)c1ccc([N+](=O)[O-])cc1. The molecule has 0 aliphatic carbocycles. The number of hydroxylamine groups is 1. The van der Waals surface area contributed by atoms with Gasteiger partial charge in [-0.2, -0.15) is 0 Å². The van der Waals surface area contributed by atoms with Gasteiger partial charge in [-0.3, -0.25) is 10.1 Å². The summed E-state index contributed by atoms with van der Waals surface area (Å²) in [5.74, 6) is -0.372. The minimum Gasteiger partial charge on any atom is -0.341 e. The van der Waals surface area contributed by atoms with Crippen LogP contribution in [0.4, 0.5) is 11.4 Å². The number of carbonyl (C=O) groups is 1. The third-order valence-corrected chi connectivity index (χ3v) is 2.26. The summed E-state index contributed by atoms with van der Waals surface area (Å²) in [4.78, 5) is 26.8. The number of nitrogens with zero attached hydrogens (tertiary/aromatic N) is 2. The number of rotatable bonds is 3. The molecule has 0 N–H and O–H groups in total. The minimum absolute atomic E-state index is 0.00528. The Labute approximate surface area is 105 Å². The Morgan fingerprint density at radius 1 is 1.28 bits per heavy atom. The largest absolute Gasteiger partial charge is 0.341 e. The molecule has 0 saturated heterocycles. The maximum Gasteiger partial charge on any atom is 0.337 e. The summed E-state index contributed by atoms with van der Waals surface area (Å²) in [5, 5.41) is 11.8. The highest BCUT2D eigenvalue weighted by Gasteiger charge is 2.25. The van der Waals surface area contributed by atoms with Crippen LogP contribution in [0.5, 0.6) is 0 Å². The van der Waals surface area contributed by atoms with Crippen molar-refractivity contribution in [3.8, 4) is 0 Å². The summed E-state index contributed by atoms with van der Waals surface area (Å²) in [6.45, 7) is 5.25. The molecule has 0 fully saturated rings. The minimum atomic E-state index is -0.602. The molecule has 0 bridgehead atoms. The van der Waals surface area contributed by atoms with Gasteiger partial charge in [0, 0.05) is 19.2 Å². The normalized spacial score (nSPS) is 10.9. The van der Waals surface area contributed by atoms with Gasteiger partial charge in [0.1, 0.15) is 0 Å². The molecule has 0 saturated carbocycles. The summed E-state index contributed by atoms with van der Waals surface area (Å²) in [7, 11) is 1.57. The lowest BCUT2D eigenvalue weighted by Crippen LogP contribution is -2.31. The van der Waals surface area contributed by atoms with E-state index in [0.29, 0.717) is 5.69 Å². The molecule has 1 aromatic rings. The molecular formula is C12H16N2O4. The van der Waals surface area contributed by atoms with E-state index in [1.807, 2.05) is 0 Å². The summed E-state index contributed by atoms with van der Waals surface area (Å²) in [6, 6.07) is 5.76. The summed E-state index contributed by atoms with van der Waals surface area (Å²) in [6.07, 6.45) is 0. The van der Waals surface area contributed by atoms with E-state index in [-0.39, 0.29) is 11.7 Å². The molecule has 1 rings (SSSR count). The van der Waals surface area contributed by atoms with Crippen LogP contribution in [0.3, 0.4) is 0 Å². The molecule has 98 valence electrons. The average molecular weight is 252 g/mol. The van der Waals surface area contributed by atoms with Gasteiger partial charge in [0.2, 0.25) is 0 Å². The average Bonchev–Trinajstić information content (AvgIpc) is 2.27. The van der Waals surface area contributed by atoms with Crippen LogP contribution in [-0.2, 0) is 9.63 Å². The van der Waals surface area contributed by atoms with Crippen LogP contribution in [0.1, 0.15) is 20.8 Å². The van der Waals surface area contributed by atoms with E-state index in [1.54, 1.807) is 27.8 Å². The molecule has 18 heavy (non-hydrogen) atoms. The Balaban J connectivity index is 2.76. The fourth-order valence-corrected chi connectivity index (χ4v) is 1.10. The third-order valence-electron chi connectivity index (χ3n) is 2.26. The fourth-order valence-electron chi connectivity index (χ4n) is 1.10. The molecule has 0 heterocycles. The Morgan fingerprint density at radius 2 is 1.78 bits per heavy atom. The molecule has 0 unspecified atom stereocenters. The number of non-ortho nitro benzene ring substituents is 1. The molecule has 0 aromatic heterocycles. The second kappa shape index (κ2) is 5.03. The van der Waals surface area contributed by atoms with Crippen molar-refractivity contribution in [2.45, 2.75) is 20.8 Å². The Kier molecular flexibility index (Phi) is 3.90. The van der Waals surface area contributed by atoms with Crippen molar-refractivity contribution < 1.29 is 14.6 Å². The zero-order chi connectivity index (χ0) is 13.9. The van der Waals surface area contributed by atoms with E-state index >= 15 is 0 Å². The van der Waals surface area contributed by atoms with E-state index in [4.69, 9.17) is 4.84 Å². The number of benzene rings is 1. The monoisotopic (exact) mass is 252 g/mol. The first-order valence-electron chi connectivity index (χ1n) is 5.42. The topological polar surface area (TPSA) is 72.7 Å². The van der Waals surface area contributed by atoms with Gasteiger partial charge in [0.25, 0.3) is 5.69 Å². The van der Waals surface area contributed by atoms with E-state index in [0.717, 1.165) is 0 Å². The first-order valence-corrected chi connectivity index (χ1v) is 5.42. The molecule has 1 aromatic carbocycles. The molecule has 0 aliphatic heterocycles. The maximum atomic E-state index is 11.7.